The van der Waals surface area contributed by atoms with E-state index in [-0.39, 0.29) is 30.6 Å². The number of aryl methyl sites for hydroxylation is 1. The van der Waals surface area contributed by atoms with Crippen molar-refractivity contribution in [2.24, 2.45) is 0 Å². The lowest BCUT2D eigenvalue weighted by Crippen LogP contribution is -2.32. The average Bonchev–Trinajstić information content (AvgIpc) is 2.62. The third kappa shape index (κ3) is 5.02. The molecule has 0 bridgehead atoms. The maximum atomic E-state index is 12.3. The Morgan fingerprint density at radius 3 is 2.19 bits per heavy atom. The summed E-state index contributed by atoms with van der Waals surface area (Å²) in [5.74, 6) is -0.320. The molecule has 2 rings (SSSR count). The zero-order chi connectivity index (χ0) is 19.1. The Balaban J connectivity index is 2.03. The minimum atomic E-state index is -0.151. The van der Waals surface area contributed by atoms with E-state index in [1.54, 1.807) is 24.3 Å². The average molecular weight is 352 g/mol. The van der Waals surface area contributed by atoms with Crippen molar-refractivity contribution in [2.75, 3.05) is 16.8 Å². The van der Waals surface area contributed by atoms with Gasteiger partial charge in [0.05, 0.1) is 0 Å². The summed E-state index contributed by atoms with van der Waals surface area (Å²) in [6.45, 7) is 5.27. The number of hydrogen-bond donors (Lipinski definition) is 1. The number of rotatable bonds is 7. The van der Waals surface area contributed by atoms with Gasteiger partial charge in [-0.05, 0) is 49.2 Å². The zero-order valence-corrected chi connectivity index (χ0v) is 15.4. The van der Waals surface area contributed by atoms with Gasteiger partial charge in [0, 0.05) is 36.8 Å². The highest BCUT2D eigenvalue weighted by molar-refractivity contribution is 5.97. The van der Waals surface area contributed by atoms with Gasteiger partial charge in [0.2, 0.25) is 11.8 Å². The van der Waals surface area contributed by atoms with Crippen LogP contribution in [0, 0.1) is 0 Å². The lowest BCUT2D eigenvalue weighted by atomic mass is 10.1. The molecular weight excluding hydrogens is 328 g/mol. The van der Waals surface area contributed by atoms with Crippen molar-refractivity contribution in [1.29, 1.82) is 0 Å². The second-order valence-corrected chi connectivity index (χ2v) is 6.08. The van der Waals surface area contributed by atoms with Crippen LogP contribution in [0.1, 0.15) is 43.1 Å². The Hall–Kier alpha value is -2.95. The van der Waals surface area contributed by atoms with E-state index in [4.69, 9.17) is 0 Å². The largest absolute Gasteiger partial charge is 0.326 e. The highest BCUT2D eigenvalue weighted by Gasteiger charge is 2.14. The number of nitrogens with zero attached hydrogens (tertiary/aromatic N) is 1. The third-order valence-corrected chi connectivity index (χ3v) is 4.20. The van der Waals surface area contributed by atoms with Crippen molar-refractivity contribution in [3.63, 3.8) is 0 Å². The van der Waals surface area contributed by atoms with Gasteiger partial charge in [0.25, 0.3) is 0 Å². The molecule has 0 unspecified atom stereocenters. The molecule has 5 nitrogen and oxygen atoms in total. The monoisotopic (exact) mass is 352 g/mol. The Morgan fingerprint density at radius 2 is 1.62 bits per heavy atom. The van der Waals surface area contributed by atoms with Gasteiger partial charge in [-0.15, -0.1) is 0 Å². The molecule has 0 saturated carbocycles. The van der Waals surface area contributed by atoms with Crippen molar-refractivity contribution < 1.29 is 14.4 Å². The first-order chi connectivity index (χ1) is 12.4. The maximum Gasteiger partial charge on any atom is 0.226 e. The summed E-state index contributed by atoms with van der Waals surface area (Å²) in [6.07, 6.45) is 1.02. The number of benzene rings is 2. The lowest BCUT2D eigenvalue weighted by Gasteiger charge is -2.21. The van der Waals surface area contributed by atoms with E-state index in [0.717, 1.165) is 17.7 Å². The number of amides is 2. The highest BCUT2D eigenvalue weighted by atomic mass is 16.2. The van der Waals surface area contributed by atoms with E-state index in [2.05, 4.69) is 5.32 Å². The minimum Gasteiger partial charge on any atom is -0.326 e. The van der Waals surface area contributed by atoms with Crippen LogP contribution in [0.5, 0.6) is 0 Å². The van der Waals surface area contributed by atoms with Crippen LogP contribution in [-0.2, 0) is 16.0 Å². The predicted octanol–water partition coefficient (Wildman–Crippen LogP) is 3.83. The standard InChI is InChI=1S/C21H24N2O3/c1-4-17-7-5-6-8-20(17)22-21(26)13-14-23(16(3)25)19-11-9-18(10-12-19)15(2)24/h5-12H,4,13-14H2,1-3H3,(H,22,26). The molecule has 0 spiro atoms. The molecular formula is C21H24N2O3. The van der Waals surface area contributed by atoms with Crippen LogP contribution in [0.2, 0.25) is 0 Å². The minimum absolute atomic E-state index is 0.0279. The molecule has 0 saturated heterocycles. The highest BCUT2D eigenvalue weighted by Crippen LogP contribution is 2.18. The Bertz CT molecular complexity index is 797. The molecule has 0 aromatic heterocycles. The summed E-state index contributed by atoms with van der Waals surface area (Å²) in [7, 11) is 0. The van der Waals surface area contributed by atoms with Gasteiger partial charge >= 0.3 is 0 Å². The van der Waals surface area contributed by atoms with Gasteiger partial charge in [-0.3, -0.25) is 14.4 Å². The van der Waals surface area contributed by atoms with E-state index in [1.165, 1.54) is 18.7 Å². The lowest BCUT2D eigenvalue weighted by molar-refractivity contribution is -0.117. The van der Waals surface area contributed by atoms with Crippen LogP contribution in [0.15, 0.2) is 48.5 Å². The van der Waals surface area contributed by atoms with Gasteiger partial charge in [-0.2, -0.15) is 0 Å². The fraction of sp³-hybridized carbons (Fsp3) is 0.286. The van der Waals surface area contributed by atoms with E-state index in [1.807, 2.05) is 31.2 Å². The first kappa shape index (κ1) is 19.4. The number of Topliss-reactive ketones (excluding diaryl/α,β-unsaturated/α-hetero) is 1. The molecule has 2 aromatic carbocycles. The normalized spacial score (nSPS) is 10.3. The van der Waals surface area contributed by atoms with Crippen LogP contribution < -0.4 is 10.2 Å². The van der Waals surface area contributed by atoms with Gasteiger partial charge in [-0.25, -0.2) is 0 Å². The molecule has 136 valence electrons. The van der Waals surface area contributed by atoms with Crippen molar-refractivity contribution in [3.05, 3.63) is 59.7 Å². The van der Waals surface area contributed by atoms with Crippen LogP contribution in [0.4, 0.5) is 11.4 Å². The van der Waals surface area contributed by atoms with Crippen LogP contribution in [0.25, 0.3) is 0 Å². The fourth-order valence-electron chi connectivity index (χ4n) is 2.72. The molecule has 0 radical (unpaired) electrons. The number of nitrogens with one attached hydrogen (secondary N) is 1. The number of carbonyl (C=O) groups is 3. The van der Waals surface area contributed by atoms with E-state index >= 15 is 0 Å². The molecule has 0 aliphatic carbocycles. The first-order valence-electron chi connectivity index (χ1n) is 8.69. The number of hydrogen-bond acceptors (Lipinski definition) is 3. The molecule has 0 aliphatic rings. The number of para-hydroxylation sites is 1. The van der Waals surface area contributed by atoms with E-state index in [9.17, 15) is 14.4 Å². The molecule has 1 N–H and O–H groups in total. The molecule has 2 amide bonds. The Morgan fingerprint density at radius 1 is 0.962 bits per heavy atom. The summed E-state index contributed by atoms with van der Waals surface area (Å²) < 4.78 is 0. The summed E-state index contributed by atoms with van der Waals surface area (Å²) in [5.41, 5.74) is 3.14. The molecule has 0 heterocycles. The number of carbonyl (C=O) groups excluding carboxylic acids is 3. The van der Waals surface area contributed by atoms with Gasteiger partial charge in [-0.1, -0.05) is 25.1 Å². The second kappa shape index (κ2) is 8.94. The van der Waals surface area contributed by atoms with Crippen molar-refractivity contribution in [2.45, 2.75) is 33.6 Å². The molecule has 26 heavy (non-hydrogen) atoms. The van der Waals surface area contributed by atoms with Crippen molar-refractivity contribution in [1.82, 2.24) is 0 Å². The summed E-state index contributed by atoms with van der Waals surface area (Å²) in [4.78, 5) is 37.2. The van der Waals surface area contributed by atoms with Crippen LogP contribution in [-0.4, -0.2) is 24.1 Å². The summed E-state index contributed by atoms with van der Waals surface area (Å²) in [6, 6.07) is 14.5. The fourth-order valence-corrected chi connectivity index (χ4v) is 2.72. The van der Waals surface area contributed by atoms with E-state index < -0.39 is 0 Å². The summed E-state index contributed by atoms with van der Waals surface area (Å²) >= 11 is 0. The predicted molar refractivity (Wildman–Crippen MR) is 104 cm³/mol. The molecule has 2 aromatic rings. The topological polar surface area (TPSA) is 66.5 Å². The zero-order valence-electron chi connectivity index (χ0n) is 15.4. The number of ketones is 1. The molecule has 0 atom stereocenters. The van der Waals surface area contributed by atoms with Gasteiger partial charge in [0.15, 0.2) is 5.78 Å². The van der Waals surface area contributed by atoms with Crippen LogP contribution in [0.3, 0.4) is 0 Å². The first-order valence-corrected chi connectivity index (χ1v) is 8.69. The molecule has 0 aliphatic heterocycles. The third-order valence-electron chi connectivity index (χ3n) is 4.20. The van der Waals surface area contributed by atoms with Gasteiger partial charge in [0.1, 0.15) is 0 Å². The molecule has 0 fully saturated rings. The van der Waals surface area contributed by atoms with Crippen molar-refractivity contribution in [3.8, 4) is 0 Å². The SMILES string of the molecule is CCc1ccccc1NC(=O)CCN(C(C)=O)c1ccc(C(C)=O)cc1. The maximum absolute atomic E-state index is 12.3. The van der Waals surface area contributed by atoms with E-state index in [0.29, 0.717) is 11.3 Å². The van der Waals surface area contributed by atoms with Crippen LogP contribution >= 0.6 is 0 Å². The summed E-state index contributed by atoms with van der Waals surface area (Å²) in [5, 5.41) is 2.91. The second-order valence-electron chi connectivity index (χ2n) is 6.08. The van der Waals surface area contributed by atoms with Gasteiger partial charge < -0.3 is 10.2 Å². The van der Waals surface area contributed by atoms with Crippen molar-refractivity contribution >= 4 is 29.0 Å². The molecule has 5 heteroatoms. The quantitative estimate of drug-likeness (QED) is 0.770. The number of anilines is 2. The Kier molecular flexibility index (Phi) is 6.67. The smallest absolute Gasteiger partial charge is 0.226 e. The Labute approximate surface area is 154 Å².